The van der Waals surface area contributed by atoms with Crippen molar-refractivity contribution >= 4 is 35.1 Å². The van der Waals surface area contributed by atoms with Crippen molar-refractivity contribution < 1.29 is 29.0 Å². The average Bonchev–Trinajstić information content (AvgIpc) is 3.20. The van der Waals surface area contributed by atoms with Gasteiger partial charge in [-0.05, 0) is 37.1 Å². The first-order chi connectivity index (χ1) is 16.4. The molecule has 1 N–H and O–H groups in total. The van der Waals surface area contributed by atoms with Crippen molar-refractivity contribution in [2.24, 2.45) is 11.8 Å². The van der Waals surface area contributed by atoms with Gasteiger partial charge in [-0.25, -0.2) is 0 Å². The molecule has 2 amide bonds. The topological polar surface area (TPSA) is 96.4 Å². The fraction of sp³-hybridized carbons (Fsp3) is 0.480. The lowest BCUT2D eigenvalue weighted by atomic mass is 9.77. The summed E-state index contributed by atoms with van der Waals surface area (Å²) < 4.78 is 11.9. The first kappa shape index (κ1) is 23.1. The number of aliphatic hydroxyl groups excluding tert-OH is 1. The van der Waals surface area contributed by atoms with Crippen LogP contribution in [0.2, 0.25) is 5.02 Å². The molecular weight excluding hydrogens is 460 g/mol. The number of aliphatic hydroxyl groups is 1. The summed E-state index contributed by atoms with van der Waals surface area (Å²) in [5.74, 6) is -3.00. The number of halogens is 1. The van der Waals surface area contributed by atoms with E-state index in [4.69, 9.17) is 21.1 Å². The molecule has 180 valence electrons. The number of likely N-dealkylation sites (tertiary alicyclic amines) is 1. The van der Waals surface area contributed by atoms with Crippen molar-refractivity contribution in [3.05, 3.63) is 53.6 Å². The number of carbonyl (C=O) groups excluding carboxylic acids is 3. The molecule has 5 rings (SSSR count). The average molecular weight is 487 g/mol. The lowest BCUT2D eigenvalue weighted by Gasteiger charge is -2.38. The Balaban J connectivity index is 1.64. The fourth-order valence-corrected chi connectivity index (χ4v) is 5.83. The largest absolute Gasteiger partial charge is 0.465 e. The Morgan fingerprint density at radius 2 is 1.94 bits per heavy atom. The molecule has 34 heavy (non-hydrogen) atoms. The van der Waals surface area contributed by atoms with Gasteiger partial charge in [0.05, 0.1) is 31.3 Å². The normalized spacial score (nSPS) is 33.6. The molecule has 1 spiro atoms. The van der Waals surface area contributed by atoms with E-state index in [1.54, 1.807) is 41.3 Å². The molecule has 8 nitrogen and oxygen atoms in total. The van der Waals surface area contributed by atoms with Gasteiger partial charge >= 0.3 is 5.97 Å². The molecule has 4 aliphatic heterocycles. The van der Waals surface area contributed by atoms with Crippen LogP contribution in [0.15, 0.2) is 48.6 Å². The molecule has 1 aromatic rings. The number of rotatable bonds is 4. The minimum atomic E-state index is -1.35. The van der Waals surface area contributed by atoms with Crippen LogP contribution >= 0.6 is 11.6 Å². The van der Waals surface area contributed by atoms with E-state index in [0.29, 0.717) is 23.6 Å². The third kappa shape index (κ3) is 3.39. The Morgan fingerprint density at radius 3 is 2.65 bits per heavy atom. The van der Waals surface area contributed by atoms with Crippen molar-refractivity contribution in [3.63, 3.8) is 0 Å². The zero-order valence-electron chi connectivity index (χ0n) is 18.8. The van der Waals surface area contributed by atoms with Crippen molar-refractivity contribution in [2.75, 3.05) is 24.7 Å². The number of esters is 1. The van der Waals surface area contributed by atoms with E-state index in [1.807, 2.05) is 19.1 Å². The number of nitrogens with zero attached hydrogens (tertiary/aromatic N) is 2. The van der Waals surface area contributed by atoms with Gasteiger partial charge in [0.25, 0.3) is 5.91 Å². The molecule has 6 atom stereocenters. The summed E-state index contributed by atoms with van der Waals surface area (Å²) in [5.41, 5.74) is -0.714. The second-order valence-corrected chi connectivity index (χ2v) is 9.48. The van der Waals surface area contributed by atoms with E-state index >= 15 is 0 Å². The van der Waals surface area contributed by atoms with Crippen LogP contribution in [0.4, 0.5) is 5.69 Å². The highest BCUT2D eigenvalue weighted by atomic mass is 35.5. The highest BCUT2D eigenvalue weighted by Gasteiger charge is 2.72. The van der Waals surface area contributed by atoms with E-state index in [0.717, 1.165) is 0 Å². The number of fused-ring (bicyclic) bond motifs is 2. The smallest absolute Gasteiger partial charge is 0.312 e. The zero-order chi connectivity index (χ0) is 24.0. The standard InChI is InChI=1S/C25H27ClN2O6/c1-2-16(14-29)28-21-23(31)27(17-9-7-15(26)8-10-17)12-5-11-25(21)20(22(28)30)19-18(34-25)6-3-4-13-33-24(19)32/h3,5-11,16,18-21,29H,2,4,12-14H2,1H3/t16-,18+,19-,20-,21?,25-/m0/s1. The molecule has 9 heteroatoms. The summed E-state index contributed by atoms with van der Waals surface area (Å²) in [7, 11) is 0. The Morgan fingerprint density at radius 1 is 1.18 bits per heavy atom. The van der Waals surface area contributed by atoms with Crippen LogP contribution in [0.25, 0.3) is 0 Å². The Hall–Kier alpha value is -2.68. The predicted molar refractivity (Wildman–Crippen MR) is 124 cm³/mol. The summed E-state index contributed by atoms with van der Waals surface area (Å²) in [6, 6.07) is 5.27. The number of cyclic esters (lactones) is 1. The van der Waals surface area contributed by atoms with Crippen LogP contribution in [-0.4, -0.2) is 71.3 Å². The molecule has 1 aromatic carbocycles. The minimum Gasteiger partial charge on any atom is -0.465 e. The molecule has 0 bridgehead atoms. The first-order valence-electron chi connectivity index (χ1n) is 11.6. The van der Waals surface area contributed by atoms with Crippen LogP contribution in [0.3, 0.4) is 0 Å². The summed E-state index contributed by atoms with van der Waals surface area (Å²) in [5, 5.41) is 10.6. The van der Waals surface area contributed by atoms with E-state index in [1.165, 1.54) is 4.90 Å². The minimum absolute atomic E-state index is 0.229. The van der Waals surface area contributed by atoms with Gasteiger partial charge in [-0.15, -0.1) is 0 Å². The van der Waals surface area contributed by atoms with Crippen molar-refractivity contribution in [3.8, 4) is 0 Å². The molecule has 1 unspecified atom stereocenters. The van der Waals surface area contributed by atoms with Crippen molar-refractivity contribution in [1.29, 1.82) is 0 Å². The first-order valence-corrected chi connectivity index (χ1v) is 12.0. The molecule has 4 heterocycles. The number of hydrogen-bond donors (Lipinski definition) is 1. The number of anilines is 1. The van der Waals surface area contributed by atoms with Crippen LogP contribution in [0.5, 0.6) is 0 Å². The van der Waals surface area contributed by atoms with Gasteiger partial charge in [-0.2, -0.15) is 0 Å². The summed E-state index contributed by atoms with van der Waals surface area (Å²) in [6.07, 6.45) is 7.58. The number of benzene rings is 1. The van der Waals surface area contributed by atoms with Gasteiger partial charge in [-0.1, -0.05) is 42.8 Å². The maximum atomic E-state index is 14.1. The van der Waals surface area contributed by atoms with E-state index < -0.39 is 41.6 Å². The molecule has 0 radical (unpaired) electrons. The maximum absolute atomic E-state index is 14.1. The number of amides is 2. The van der Waals surface area contributed by atoms with Gasteiger partial charge in [0.15, 0.2) is 0 Å². The van der Waals surface area contributed by atoms with E-state index in [2.05, 4.69) is 0 Å². The number of hydrogen-bond acceptors (Lipinski definition) is 6. The zero-order valence-corrected chi connectivity index (χ0v) is 19.6. The second kappa shape index (κ2) is 8.83. The molecule has 0 aromatic heterocycles. The van der Waals surface area contributed by atoms with Gasteiger partial charge in [-0.3, -0.25) is 14.4 Å². The lowest BCUT2D eigenvalue weighted by molar-refractivity contribution is -0.155. The third-order valence-electron chi connectivity index (χ3n) is 7.27. The third-order valence-corrected chi connectivity index (χ3v) is 7.52. The van der Waals surface area contributed by atoms with Gasteiger partial charge in [0.1, 0.15) is 17.6 Å². The van der Waals surface area contributed by atoms with Crippen LogP contribution in [0.1, 0.15) is 19.8 Å². The Labute approximate surface area is 202 Å². The van der Waals surface area contributed by atoms with E-state index in [9.17, 15) is 19.5 Å². The highest BCUT2D eigenvalue weighted by Crippen LogP contribution is 2.54. The second-order valence-electron chi connectivity index (χ2n) is 9.04. The summed E-state index contributed by atoms with van der Waals surface area (Å²) in [4.78, 5) is 44.1. The molecule has 0 aliphatic carbocycles. The SMILES string of the molecule is CC[C@@H](CO)N1C(=O)[C@@H]2[C@H]3C(=O)OCCC=C[C@H]3O[C@@]23C=CCN(c2ccc(Cl)cc2)C(=O)C13. The van der Waals surface area contributed by atoms with Crippen molar-refractivity contribution in [1.82, 2.24) is 4.90 Å². The Bertz CT molecular complexity index is 1050. The summed E-state index contributed by atoms with van der Waals surface area (Å²) >= 11 is 6.04. The quantitative estimate of drug-likeness (QED) is 0.517. The lowest BCUT2D eigenvalue weighted by Crippen LogP contribution is -2.58. The number of ether oxygens (including phenoxy) is 2. The highest BCUT2D eigenvalue weighted by molar-refractivity contribution is 6.30. The molecule has 4 aliphatic rings. The van der Waals surface area contributed by atoms with Gasteiger partial charge < -0.3 is 24.4 Å². The monoisotopic (exact) mass is 486 g/mol. The molecule has 0 saturated carbocycles. The maximum Gasteiger partial charge on any atom is 0.312 e. The van der Waals surface area contributed by atoms with Gasteiger partial charge in [0.2, 0.25) is 5.91 Å². The fourth-order valence-electron chi connectivity index (χ4n) is 5.71. The van der Waals surface area contributed by atoms with E-state index in [-0.39, 0.29) is 31.6 Å². The molecular formula is C25H27ClN2O6. The van der Waals surface area contributed by atoms with Crippen LogP contribution < -0.4 is 4.90 Å². The van der Waals surface area contributed by atoms with Crippen LogP contribution in [-0.2, 0) is 23.9 Å². The van der Waals surface area contributed by atoms with Gasteiger partial charge in [0, 0.05) is 17.3 Å². The number of carbonyl (C=O) groups is 3. The predicted octanol–water partition coefficient (Wildman–Crippen LogP) is 2.10. The van der Waals surface area contributed by atoms with Crippen LogP contribution in [0, 0.1) is 11.8 Å². The molecule has 2 saturated heterocycles. The Kier molecular flexibility index (Phi) is 6.00. The molecule has 2 fully saturated rings. The summed E-state index contributed by atoms with van der Waals surface area (Å²) in [6.45, 7) is 2.03. The van der Waals surface area contributed by atoms with Crippen molar-refractivity contribution in [2.45, 2.75) is 43.6 Å².